The number of nitrogens with zero attached hydrogens (tertiary/aromatic N) is 3. The van der Waals surface area contributed by atoms with Crippen LogP contribution in [0.15, 0.2) is 55.1 Å². The van der Waals surface area contributed by atoms with E-state index in [1.807, 2.05) is 13.8 Å². The molecule has 5 nitrogen and oxygen atoms in total. The van der Waals surface area contributed by atoms with Gasteiger partial charge in [0.05, 0.1) is 22.9 Å². The maximum absolute atomic E-state index is 13.2. The quantitative estimate of drug-likeness (QED) is 0.605. The number of alkyl halides is 3. The highest BCUT2D eigenvalue weighted by atomic mass is 35.5. The Labute approximate surface area is 170 Å². The summed E-state index contributed by atoms with van der Waals surface area (Å²) >= 11 is 5.92. The first-order valence-corrected chi connectivity index (χ1v) is 9.17. The number of amides is 1. The van der Waals surface area contributed by atoms with Crippen LogP contribution in [0.1, 0.15) is 30.9 Å². The van der Waals surface area contributed by atoms with E-state index in [9.17, 15) is 18.0 Å². The number of halogens is 4. The summed E-state index contributed by atoms with van der Waals surface area (Å²) in [4.78, 5) is 16.9. The molecule has 0 aliphatic carbocycles. The minimum Gasteiger partial charge on any atom is -0.324 e. The predicted octanol–water partition coefficient (Wildman–Crippen LogP) is 5.32. The molecule has 0 fully saturated rings. The van der Waals surface area contributed by atoms with Crippen LogP contribution in [0.5, 0.6) is 0 Å². The van der Waals surface area contributed by atoms with Gasteiger partial charge in [-0.2, -0.15) is 18.3 Å². The second-order valence-electron chi connectivity index (χ2n) is 6.83. The number of carbonyl (C=O) groups excluding carboxylic acids is 1. The van der Waals surface area contributed by atoms with Crippen LogP contribution in [-0.4, -0.2) is 20.7 Å². The number of anilines is 1. The summed E-state index contributed by atoms with van der Waals surface area (Å²) in [7, 11) is 0. The van der Waals surface area contributed by atoms with E-state index in [1.54, 1.807) is 24.3 Å². The van der Waals surface area contributed by atoms with Crippen LogP contribution in [0.25, 0.3) is 5.69 Å². The van der Waals surface area contributed by atoms with Crippen molar-refractivity contribution in [2.75, 3.05) is 5.32 Å². The Morgan fingerprint density at radius 1 is 1.14 bits per heavy atom. The molecule has 2 aromatic carbocycles. The number of hydrogen-bond donors (Lipinski definition) is 1. The van der Waals surface area contributed by atoms with Gasteiger partial charge >= 0.3 is 6.18 Å². The number of carbonyl (C=O) groups is 1. The normalized spacial score (nSPS) is 12.8. The molecule has 0 radical (unpaired) electrons. The zero-order chi connectivity index (χ0) is 21.2. The Hall–Kier alpha value is -2.87. The molecule has 0 spiro atoms. The van der Waals surface area contributed by atoms with E-state index in [0.717, 1.165) is 17.7 Å². The SMILES string of the molecule is CC(C)C(C(=O)Nc1cc(C(F)(F)F)ccc1-n1cncn1)c1ccc(Cl)cc1. The highest BCUT2D eigenvalue weighted by Gasteiger charge is 2.32. The fraction of sp³-hybridized carbons (Fsp3) is 0.250. The number of hydrogen-bond acceptors (Lipinski definition) is 3. The molecule has 0 aliphatic rings. The van der Waals surface area contributed by atoms with Gasteiger partial charge in [-0.05, 0) is 41.8 Å². The largest absolute Gasteiger partial charge is 0.416 e. The van der Waals surface area contributed by atoms with Gasteiger partial charge in [-0.25, -0.2) is 9.67 Å². The summed E-state index contributed by atoms with van der Waals surface area (Å²) in [5, 5.41) is 7.13. The Balaban J connectivity index is 2.00. The van der Waals surface area contributed by atoms with Crippen LogP contribution in [0, 0.1) is 5.92 Å². The molecule has 1 N–H and O–H groups in total. The topological polar surface area (TPSA) is 59.8 Å². The second kappa shape index (κ2) is 8.24. The maximum Gasteiger partial charge on any atom is 0.416 e. The van der Waals surface area contributed by atoms with Crippen LogP contribution in [-0.2, 0) is 11.0 Å². The van der Waals surface area contributed by atoms with Crippen LogP contribution < -0.4 is 5.32 Å². The predicted molar refractivity (Wildman–Crippen MR) is 104 cm³/mol. The Kier molecular flexibility index (Phi) is 5.93. The van der Waals surface area contributed by atoms with E-state index in [1.165, 1.54) is 23.4 Å². The minimum atomic E-state index is -4.55. The lowest BCUT2D eigenvalue weighted by Crippen LogP contribution is -2.26. The average molecular weight is 423 g/mol. The second-order valence-corrected chi connectivity index (χ2v) is 7.27. The average Bonchev–Trinajstić information content (AvgIpc) is 3.17. The van der Waals surface area contributed by atoms with Crippen molar-refractivity contribution < 1.29 is 18.0 Å². The zero-order valence-corrected chi connectivity index (χ0v) is 16.4. The van der Waals surface area contributed by atoms with Gasteiger partial charge in [0, 0.05) is 5.02 Å². The Morgan fingerprint density at radius 3 is 2.38 bits per heavy atom. The van der Waals surface area contributed by atoms with Gasteiger partial charge in [-0.1, -0.05) is 37.6 Å². The molecule has 0 bridgehead atoms. The molecule has 29 heavy (non-hydrogen) atoms. The molecule has 9 heteroatoms. The molecule has 1 amide bonds. The first-order valence-electron chi connectivity index (χ1n) is 8.79. The zero-order valence-electron chi connectivity index (χ0n) is 15.6. The molecule has 1 atom stereocenters. The van der Waals surface area contributed by atoms with Crippen molar-refractivity contribution in [1.29, 1.82) is 0 Å². The van der Waals surface area contributed by atoms with Gasteiger partial charge in [0.25, 0.3) is 0 Å². The number of benzene rings is 2. The standard InChI is InChI=1S/C20H18ClF3N4O/c1-12(2)18(13-3-6-15(21)7-4-13)19(29)27-16-9-14(20(22,23)24)5-8-17(16)28-11-25-10-26-28/h3-12,18H,1-2H3,(H,27,29). The third-order valence-corrected chi connectivity index (χ3v) is 4.68. The smallest absolute Gasteiger partial charge is 0.324 e. The van der Waals surface area contributed by atoms with Gasteiger partial charge in [-0.15, -0.1) is 0 Å². The van der Waals surface area contributed by atoms with E-state index < -0.39 is 23.6 Å². The van der Waals surface area contributed by atoms with E-state index in [-0.39, 0.29) is 17.3 Å². The molecule has 152 valence electrons. The van der Waals surface area contributed by atoms with E-state index in [2.05, 4.69) is 15.4 Å². The number of rotatable bonds is 5. The molecule has 1 heterocycles. The third-order valence-electron chi connectivity index (χ3n) is 4.43. The van der Waals surface area contributed by atoms with Gasteiger partial charge in [0.1, 0.15) is 12.7 Å². The van der Waals surface area contributed by atoms with Crippen molar-refractivity contribution >= 4 is 23.2 Å². The highest BCUT2D eigenvalue weighted by Crippen LogP contribution is 2.34. The third kappa shape index (κ3) is 4.76. The van der Waals surface area contributed by atoms with Gasteiger partial charge in [-0.3, -0.25) is 4.79 Å². The van der Waals surface area contributed by atoms with E-state index >= 15 is 0 Å². The Bertz CT molecular complexity index is 986. The molecule has 0 saturated carbocycles. The highest BCUT2D eigenvalue weighted by molar-refractivity contribution is 6.30. The monoisotopic (exact) mass is 422 g/mol. The maximum atomic E-state index is 13.2. The summed E-state index contributed by atoms with van der Waals surface area (Å²) in [6, 6.07) is 9.89. The van der Waals surface area contributed by atoms with Crippen LogP contribution in [0.4, 0.5) is 18.9 Å². The fourth-order valence-corrected chi connectivity index (χ4v) is 3.19. The number of nitrogens with one attached hydrogen (secondary N) is 1. The van der Waals surface area contributed by atoms with Crippen molar-refractivity contribution in [2.45, 2.75) is 25.9 Å². The van der Waals surface area contributed by atoms with Crippen molar-refractivity contribution in [3.8, 4) is 5.69 Å². The lowest BCUT2D eigenvalue weighted by molar-refractivity contribution is -0.137. The molecule has 3 aromatic rings. The number of aromatic nitrogens is 3. The van der Waals surface area contributed by atoms with Gasteiger partial charge < -0.3 is 5.32 Å². The summed E-state index contributed by atoms with van der Waals surface area (Å²) < 4.78 is 40.9. The van der Waals surface area contributed by atoms with Gasteiger partial charge in [0.15, 0.2) is 0 Å². The molecule has 0 saturated heterocycles. The van der Waals surface area contributed by atoms with Crippen molar-refractivity contribution in [3.05, 3.63) is 71.3 Å². The van der Waals surface area contributed by atoms with Crippen LogP contribution >= 0.6 is 11.6 Å². The molecular weight excluding hydrogens is 405 g/mol. The summed E-state index contributed by atoms with van der Waals surface area (Å²) in [6.07, 6.45) is -1.95. The van der Waals surface area contributed by atoms with Crippen molar-refractivity contribution in [1.82, 2.24) is 14.8 Å². The molecule has 1 aromatic heterocycles. The van der Waals surface area contributed by atoms with Crippen molar-refractivity contribution in [2.24, 2.45) is 5.92 Å². The van der Waals surface area contributed by atoms with E-state index in [0.29, 0.717) is 5.02 Å². The fourth-order valence-electron chi connectivity index (χ4n) is 3.06. The lowest BCUT2D eigenvalue weighted by Gasteiger charge is -2.22. The summed E-state index contributed by atoms with van der Waals surface area (Å²) in [5.41, 5.74) is 0.123. The Morgan fingerprint density at radius 2 is 1.83 bits per heavy atom. The molecular formula is C20H18ClF3N4O. The van der Waals surface area contributed by atoms with Crippen molar-refractivity contribution in [3.63, 3.8) is 0 Å². The van der Waals surface area contributed by atoms with Crippen LogP contribution in [0.2, 0.25) is 5.02 Å². The van der Waals surface area contributed by atoms with Gasteiger partial charge in [0.2, 0.25) is 5.91 Å². The van der Waals surface area contributed by atoms with Crippen LogP contribution in [0.3, 0.4) is 0 Å². The first kappa shape index (κ1) is 20.9. The first-order chi connectivity index (χ1) is 13.7. The molecule has 3 rings (SSSR count). The lowest BCUT2D eigenvalue weighted by atomic mass is 9.87. The molecule has 0 aliphatic heterocycles. The van der Waals surface area contributed by atoms with E-state index in [4.69, 9.17) is 11.6 Å². The summed E-state index contributed by atoms with van der Waals surface area (Å²) in [5.74, 6) is -1.11. The summed E-state index contributed by atoms with van der Waals surface area (Å²) in [6.45, 7) is 3.73. The molecule has 1 unspecified atom stereocenters. The minimum absolute atomic E-state index is 0.00469.